The lowest BCUT2D eigenvalue weighted by molar-refractivity contribution is 0.611. The number of hydrogen-bond donors (Lipinski definition) is 1. The number of halogens is 1. The molecule has 15 heavy (non-hydrogen) atoms. The predicted octanol–water partition coefficient (Wildman–Crippen LogP) is 2.39. The van der Waals surface area contributed by atoms with Gasteiger partial charge in [-0.05, 0) is 31.5 Å². The highest BCUT2D eigenvalue weighted by atomic mass is 19.1. The first-order chi connectivity index (χ1) is 7.29. The molecule has 0 saturated heterocycles. The van der Waals surface area contributed by atoms with Crippen LogP contribution in [0.15, 0.2) is 24.3 Å². The molecule has 2 N–H and O–H groups in total. The monoisotopic (exact) mass is 210 g/mol. The number of anilines is 1. The van der Waals surface area contributed by atoms with E-state index in [0.717, 1.165) is 25.9 Å². The van der Waals surface area contributed by atoms with Gasteiger partial charge in [0.25, 0.3) is 0 Å². The second-order valence-electron chi connectivity index (χ2n) is 3.58. The average molecular weight is 210 g/mol. The molecular formula is C12H19FN2. The van der Waals surface area contributed by atoms with E-state index in [1.54, 1.807) is 6.07 Å². The van der Waals surface area contributed by atoms with Gasteiger partial charge in [-0.1, -0.05) is 19.1 Å². The molecule has 0 aromatic heterocycles. The Bertz CT molecular complexity index is 289. The van der Waals surface area contributed by atoms with Gasteiger partial charge in [0.15, 0.2) is 0 Å². The van der Waals surface area contributed by atoms with Gasteiger partial charge in [0.2, 0.25) is 0 Å². The molecule has 0 aliphatic heterocycles. The molecule has 2 nitrogen and oxygen atoms in total. The summed E-state index contributed by atoms with van der Waals surface area (Å²) in [5.41, 5.74) is 6.16. The van der Waals surface area contributed by atoms with E-state index in [1.807, 2.05) is 12.1 Å². The second kappa shape index (κ2) is 6.40. The van der Waals surface area contributed by atoms with Crippen molar-refractivity contribution < 1.29 is 4.39 Å². The summed E-state index contributed by atoms with van der Waals surface area (Å²) in [7, 11) is 0. The van der Waals surface area contributed by atoms with Crippen LogP contribution < -0.4 is 10.6 Å². The summed E-state index contributed by atoms with van der Waals surface area (Å²) in [6, 6.07) is 6.90. The molecule has 1 aromatic rings. The number of rotatable bonds is 6. The summed E-state index contributed by atoms with van der Waals surface area (Å²) in [5, 5.41) is 0. The molecule has 0 fully saturated rings. The fourth-order valence-corrected chi connectivity index (χ4v) is 1.61. The van der Waals surface area contributed by atoms with Crippen LogP contribution in [0.25, 0.3) is 0 Å². The molecule has 1 rings (SSSR count). The van der Waals surface area contributed by atoms with Crippen LogP contribution in [-0.4, -0.2) is 19.6 Å². The molecule has 3 heteroatoms. The zero-order chi connectivity index (χ0) is 11.1. The van der Waals surface area contributed by atoms with E-state index in [-0.39, 0.29) is 5.82 Å². The fourth-order valence-electron chi connectivity index (χ4n) is 1.61. The van der Waals surface area contributed by atoms with Gasteiger partial charge in [-0.15, -0.1) is 0 Å². The van der Waals surface area contributed by atoms with E-state index in [2.05, 4.69) is 11.8 Å². The lowest BCUT2D eigenvalue weighted by atomic mass is 10.2. The summed E-state index contributed by atoms with van der Waals surface area (Å²) in [4.78, 5) is 2.06. The van der Waals surface area contributed by atoms with Crippen LogP contribution in [0.5, 0.6) is 0 Å². The minimum Gasteiger partial charge on any atom is -0.369 e. The zero-order valence-electron chi connectivity index (χ0n) is 9.25. The largest absolute Gasteiger partial charge is 0.369 e. The molecule has 0 heterocycles. The Hall–Kier alpha value is -1.09. The number of nitrogens with two attached hydrogens (primary N) is 1. The van der Waals surface area contributed by atoms with Crippen LogP contribution in [-0.2, 0) is 0 Å². The third-order valence-electron chi connectivity index (χ3n) is 2.32. The van der Waals surface area contributed by atoms with E-state index >= 15 is 0 Å². The van der Waals surface area contributed by atoms with Crippen LogP contribution in [0.3, 0.4) is 0 Å². The minimum absolute atomic E-state index is 0.150. The first-order valence-corrected chi connectivity index (χ1v) is 5.49. The van der Waals surface area contributed by atoms with E-state index in [4.69, 9.17) is 5.73 Å². The molecule has 0 radical (unpaired) electrons. The van der Waals surface area contributed by atoms with Crippen molar-refractivity contribution in [3.8, 4) is 0 Å². The molecule has 0 spiro atoms. The Morgan fingerprint density at radius 3 is 2.60 bits per heavy atom. The standard InChI is InChI=1S/C12H19FN2/c1-2-9-15(10-5-8-14)12-7-4-3-6-11(12)13/h3-4,6-7H,2,5,8-10,14H2,1H3. The van der Waals surface area contributed by atoms with Gasteiger partial charge < -0.3 is 10.6 Å². The second-order valence-corrected chi connectivity index (χ2v) is 3.58. The van der Waals surface area contributed by atoms with Crippen molar-refractivity contribution in [3.63, 3.8) is 0 Å². The summed E-state index contributed by atoms with van der Waals surface area (Å²) in [6.45, 7) is 4.44. The highest BCUT2D eigenvalue weighted by Crippen LogP contribution is 2.18. The van der Waals surface area contributed by atoms with Crippen LogP contribution >= 0.6 is 0 Å². The number of hydrogen-bond acceptors (Lipinski definition) is 2. The Morgan fingerprint density at radius 2 is 2.00 bits per heavy atom. The fraction of sp³-hybridized carbons (Fsp3) is 0.500. The van der Waals surface area contributed by atoms with Crippen molar-refractivity contribution in [2.75, 3.05) is 24.5 Å². The molecule has 0 bridgehead atoms. The smallest absolute Gasteiger partial charge is 0.146 e. The third kappa shape index (κ3) is 3.51. The SMILES string of the molecule is CCCN(CCCN)c1ccccc1F. The van der Waals surface area contributed by atoms with Gasteiger partial charge in [0.05, 0.1) is 5.69 Å². The van der Waals surface area contributed by atoms with Crippen molar-refractivity contribution >= 4 is 5.69 Å². The van der Waals surface area contributed by atoms with Gasteiger partial charge in [-0.3, -0.25) is 0 Å². The van der Waals surface area contributed by atoms with Crippen molar-refractivity contribution in [2.24, 2.45) is 5.73 Å². The van der Waals surface area contributed by atoms with Crippen LogP contribution in [0.1, 0.15) is 19.8 Å². The van der Waals surface area contributed by atoms with Gasteiger partial charge in [0.1, 0.15) is 5.82 Å². The maximum Gasteiger partial charge on any atom is 0.146 e. The number of nitrogens with zero attached hydrogens (tertiary/aromatic N) is 1. The number of para-hydroxylation sites is 1. The Morgan fingerprint density at radius 1 is 1.27 bits per heavy atom. The molecule has 84 valence electrons. The molecule has 0 atom stereocenters. The zero-order valence-corrected chi connectivity index (χ0v) is 9.25. The summed E-state index contributed by atoms with van der Waals surface area (Å²) in [6.07, 6.45) is 1.91. The summed E-state index contributed by atoms with van der Waals surface area (Å²) < 4.78 is 13.5. The predicted molar refractivity (Wildman–Crippen MR) is 62.6 cm³/mol. The van der Waals surface area contributed by atoms with Gasteiger partial charge >= 0.3 is 0 Å². The van der Waals surface area contributed by atoms with E-state index < -0.39 is 0 Å². The Balaban J connectivity index is 2.74. The highest BCUT2D eigenvalue weighted by molar-refractivity contribution is 5.47. The Labute approximate surface area is 90.9 Å². The normalized spacial score (nSPS) is 10.3. The van der Waals surface area contributed by atoms with Crippen LogP contribution in [0.2, 0.25) is 0 Å². The van der Waals surface area contributed by atoms with Crippen LogP contribution in [0.4, 0.5) is 10.1 Å². The first-order valence-electron chi connectivity index (χ1n) is 5.49. The Kier molecular flexibility index (Phi) is 5.12. The van der Waals surface area contributed by atoms with Gasteiger partial charge in [0, 0.05) is 13.1 Å². The molecule has 0 saturated carbocycles. The summed E-state index contributed by atoms with van der Waals surface area (Å²) in [5.74, 6) is -0.150. The van der Waals surface area contributed by atoms with Gasteiger partial charge in [-0.25, -0.2) is 4.39 Å². The molecule has 0 aliphatic carbocycles. The van der Waals surface area contributed by atoms with Crippen LogP contribution in [0, 0.1) is 5.82 Å². The average Bonchev–Trinajstić information content (AvgIpc) is 2.25. The van der Waals surface area contributed by atoms with E-state index in [0.29, 0.717) is 12.2 Å². The molecule has 1 aromatic carbocycles. The van der Waals surface area contributed by atoms with Crippen molar-refractivity contribution in [3.05, 3.63) is 30.1 Å². The van der Waals surface area contributed by atoms with E-state index in [1.165, 1.54) is 6.07 Å². The van der Waals surface area contributed by atoms with E-state index in [9.17, 15) is 4.39 Å². The van der Waals surface area contributed by atoms with Gasteiger partial charge in [-0.2, -0.15) is 0 Å². The van der Waals surface area contributed by atoms with Crippen molar-refractivity contribution in [1.29, 1.82) is 0 Å². The maximum absolute atomic E-state index is 13.5. The number of benzene rings is 1. The maximum atomic E-state index is 13.5. The topological polar surface area (TPSA) is 29.3 Å². The lowest BCUT2D eigenvalue weighted by Crippen LogP contribution is -2.27. The minimum atomic E-state index is -0.150. The van der Waals surface area contributed by atoms with Crippen molar-refractivity contribution in [1.82, 2.24) is 0 Å². The highest BCUT2D eigenvalue weighted by Gasteiger charge is 2.08. The molecule has 0 amide bonds. The first kappa shape index (κ1) is 12.0. The molecule has 0 aliphatic rings. The lowest BCUT2D eigenvalue weighted by Gasteiger charge is -2.24. The molecular weight excluding hydrogens is 191 g/mol. The third-order valence-corrected chi connectivity index (χ3v) is 2.32. The summed E-state index contributed by atoms with van der Waals surface area (Å²) >= 11 is 0. The molecule has 0 unspecified atom stereocenters. The van der Waals surface area contributed by atoms with Crippen molar-refractivity contribution in [2.45, 2.75) is 19.8 Å². The quantitative estimate of drug-likeness (QED) is 0.781.